The number of hydrogen-bond donors (Lipinski definition) is 0. The Morgan fingerprint density at radius 1 is 0.857 bits per heavy atom. The van der Waals surface area contributed by atoms with Crippen LogP contribution in [-0.2, 0) is 21.1 Å². The Hall–Kier alpha value is -0.162. The van der Waals surface area contributed by atoms with Gasteiger partial charge in [-0.1, -0.05) is 6.07 Å². The second kappa shape index (κ2) is 4.01. The van der Waals surface area contributed by atoms with Crippen LogP contribution in [0, 0.1) is 0 Å². The van der Waals surface area contributed by atoms with E-state index in [-0.39, 0.29) is 21.1 Å². The van der Waals surface area contributed by atoms with Gasteiger partial charge in [-0.3, -0.25) is 4.98 Å². The van der Waals surface area contributed by atoms with Crippen LogP contribution in [0.4, 0.5) is 0 Å². The minimum atomic E-state index is 0. The van der Waals surface area contributed by atoms with Crippen molar-refractivity contribution in [2.45, 2.75) is 0 Å². The predicted molar refractivity (Wildman–Crippen MR) is 24.2 cm³/mol. The normalized spacial score (nSPS) is 6.86. The molecule has 0 aliphatic rings. The Morgan fingerprint density at radius 2 is 1.43 bits per heavy atom. The summed E-state index contributed by atoms with van der Waals surface area (Å²) < 4.78 is 0. The largest absolute Gasteiger partial charge is 2.00 e. The molecule has 7 heavy (non-hydrogen) atoms. The average molecular weight is 274 g/mol. The number of pyridine rings is 1. The molecule has 0 amide bonds. The number of rotatable bonds is 0. The SMILES string of the molecule is [Pt+2].c1ccncc1. The molecule has 0 aliphatic heterocycles. The molecule has 0 unspecified atom stereocenters. The first-order chi connectivity index (χ1) is 3.00. The van der Waals surface area contributed by atoms with Gasteiger partial charge in [-0.2, -0.15) is 0 Å². The van der Waals surface area contributed by atoms with E-state index in [1.165, 1.54) is 0 Å². The molecule has 0 spiro atoms. The molecule has 0 fully saturated rings. The quantitative estimate of drug-likeness (QED) is 0.690. The number of nitrogens with zero attached hydrogens (tertiary/aromatic N) is 1. The second-order valence-corrected chi connectivity index (χ2v) is 1.02. The fraction of sp³-hybridized carbons (Fsp3) is 0. The van der Waals surface area contributed by atoms with Crippen LogP contribution in [-0.4, -0.2) is 4.98 Å². The van der Waals surface area contributed by atoms with Crippen molar-refractivity contribution in [2.24, 2.45) is 0 Å². The maximum Gasteiger partial charge on any atom is 2.00 e. The molecule has 0 N–H and O–H groups in total. The smallest absolute Gasteiger partial charge is 0.265 e. The molecule has 0 aromatic carbocycles. The van der Waals surface area contributed by atoms with Crippen LogP contribution in [0.2, 0.25) is 0 Å². The zero-order valence-electron chi connectivity index (χ0n) is 3.65. The van der Waals surface area contributed by atoms with Crippen molar-refractivity contribution in [1.29, 1.82) is 0 Å². The van der Waals surface area contributed by atoms with E-state index in [9.17, 15) is 0 Å². The molecule has 2 heteroatoms. The van der Waals surface area contributed by atoms with Crippen molar-refractivity contribution in [1.82, 2.24) is 4.98 Å². The van der Waals surface area contributed by atoms with Gasteiger partial charge in [-0.15, -0.1) is 0 Å². The molecular weight excluding hydrogens is 269 g/mol. The Balaban J connectivity index is 0.000000360. The van der Waals surface area contributed by atoms with Gasteiger partial charge in [0.25, 0.3) is 0 Å². The Kier molecular flexibility index (Phi) is 3.92. The molecule has 0 bridgehead atoms. The molecule has 1 rings (SSSR count). The van der Waals surface area contributed by atoms with Gasteiger partial charge in [0, 0.05) is 12.4 Å². The summed E-state index contributed by atoms with van der Waals surface area (Å²) in [6.45, 7) is 0. The third-order valence-corrected chi connectivity index (χ3v) is 0.566. The van der Waals surface area contributed by atoms with Gasteiger partial charge in [0.1, 0.15) is 0 Å². The minimum Gasteiger partial charge on any atom is -0.265 e. The van der Waals surface area contributed by atoms with E-state index >= 15 is 0 Å². The van der Waals surface area contributed by atoms with Crippen molar-refractivity contribution in [2.75, 3.05) is 0 Å². The molecule has 38 valence electrons. The molecular formula is C5H5NPt+2. The van der Waals surface area contributed by atoms with Gasteiger partial charge in [-0.05, 0) is 12.1 Å². The van der Waals surface area contributed by atoms with E-state index in [1.807, 2.05) is 18.2 Å². The number of aromatic nitrogens is 1. The van der Waals surface area contributed by atoms with E-state index in [0.717, 1.165) is 0 Å². The van der Waals surface area contributed by atoms with Crippen molar-refractivity contribution in [3.63, 3.8) is 0 Å². The molecule has 0 radical (unpaired) electrons. The van der Waals surface area contributed by atoms with Gasteiger partial charge in [0.15, 0.2) is 0 Å². The zero-order valence-corrected chi connectivity index (χ0v) is 5.92. The average Bonchev–Trinajstić information content (AvgIpc) is 1.72. The van der Waals surface area contributed by atoms with Crippen molar-refractivity contribution in [3.8, 4) is 0 Å². The van der Waals surface area contributed by atoms with Crippen LogP contribution in [0.1, 0.15) is 0 Å². The van der Waals surface area contributed by atoms with Gasteiger partial charge >= 0.3 is 21.1 Å². The fourth-order valence-corrected chi connectivity index (χ4v) is 0.313. The minimum absolute atomic E-state index is 0. The maximum atomic E-state index is 3.78. The van der Waals surface area contributed by atoms with E-state index in [0.29, 0.717) is 0 Å². The summed E-state index contributed by atoms with van der Waals surface area (Å²) in [5.74, 6) is 0. The standard InChI is InChI=1S/C5H5N.Pt/c1-2-4-6-5-3-1;/h1-5H;/q;+2. The first-order valence-corrected chi connectivity index (χ1v) is 1.85. The number of hydrogen-bond acceptors (Lipinski definition) is 1. The second-order valence-electron chi connectivity index (χ2n) is 1.02. The van der Waals surface area contributed by atoms with Crippen molar-refractivity contribution in [3.05, 3.63) is 30.6 Å². The molecule has 1 heterocycles. The summed E-state index contributed by atoms with van der Waals surface area (Å²) in [4.78, 5) is 3.78. The molecule has 0 aliphatic carbocycles. The first kappa shape index (κ1) is 6.84. The third-order valence-electron chi connectivity index (χ3n) is 0.566. The summed E-state index contributed by atoms with van der Waals surface area (Å²) in [6.07, 6.45) is 3.50. The molecule has 0 saturated heterocycles. The molecule has 0 saturated carbocycles. The maximum absolute atomic E-state index is 3.78. The van der Waals surface area contributed by atoms with Gasteiger partial charge in [-0.25, -0.2) is 0 Å². The van der Waals surface area contributed by atoms with E-state index in [2.05, 4.69) is 4.98 Å². The van der Waals surface area contributed by atoms with Crippen LogP contribution in [0.5, 0.6) is 0 Å². The predicted octanol–water partition coefficient (Wildman–Crippen LogP) is 1.08. The monoisotopic (exact) mass is 274 g/mol. The molecule has 1 nitrogen and oxygen atoms in total. The van der Waals surface area contributed by atoms with Crippen LogP contribution >= 0.6 is 0 Å². The van der Waals surface area contributed by atoms with E-state index < -0.39 is 0 Å². The topological polar surface area (TPSA) is 12.9 Å². The zero-order chi connectivity index (χ0) is 4.24. The first-order valence-electron chi connectivity index (χ1n) is 1.85. The van der Waals surface area contributed by atoms with Crippen LogP contribution in [0.15, 0.2) is 30.6 Å². The van der Waals surface area contributed by atoms with E-state index in [1.54, 1.807) is 12.4 Å². The van der Waals surface area contributed by atoms with Crippen molar-refractivity contribution >= 4 is 0 Å². The van der Waals surface area contributed by atoms with Gasteiger partial charge in [0.2, 0.25) is 0 Å². The van der Waals surface area contributed by atoms with Crippen molar-refractivity contribution < 1.29 is 21.1 Å². The molecule has 1 aromatic rings. The van der Waals surface area contributed by atoms with Crippen LogP contribution in [0.25, 0.3) is 0 Å². The third kappa shape index (κ3) is 2.52. The Bertz CT molecular complexity index is 80.0. The van der Waals surface area contributed by atoms with Crippen LogP contribution < -0.4 is 0 Å². The molecule has 1 aromatic heterocycles. The van der Waals surface area contributed by atoms with E-state index in [4.69, 9.17) is 0 Å². The van der Waals surface area contributed by atoms with Gasteiger partial charge in [0.05, 0.1) is 0 Å². The fourth-order valence-electron chi connectivity index (χ4n) is 0.313. The Labute approximate surface area is 57.0 Å². The van der Waals surface area contributed by atoms with Gasteiger partial charge < -0.3 is 0 Å². The summed E-state index contributed by atoms with van der Waals surface area (Å²) in [7, 11) is 0. The van der Waals surface area contributed by atoms with Crippen LogP contribution in [0.3, 0.4) is 0 Å². The summed E-state index contributed by atoms with van der Waals surface area (Å²) >= 11 is 0. The molecule has 0 atom stereocenters. The summed E-state index contributed by atoms with van der Waals surface area (Å²) in [5, 5.41) is 0. The summed E-state index contributed by atoms with van der Waals surface area (Å²) in [5.41, 5.74) is 0. The Morgan fingerprint density at radius 3 is 1.57 bits per heavy atom. The summed E-state index contributed by atoms with van der Waals surface area (Å²) in [6, 6.07) is 5.72.